The van der Waals surface area contributed by atoms with Crippen molar-refractivity contribution in [1.82, 2.24) is 0 Å². The number of rotatable bonds is 2. The van der Waals surface area contributed by atoms with E-state index in [1.54, 1.807) is 30.3 Å². The van der Waals surface area contributed by atoms with Crippen molar-refractivity contribution < 1.29 is 9.90 Å². The molecule has 1 rings (SSSR count). The third-order valence-corrected chi connectivity index (χ3v) is 1.43. The number of hydrogen-bond acceptors (Lipinski definition) is 2. The number of aromatic hydroxyl groups is 1. The van der Waals surface area contributed by atoms with Crippen molar-refractivity contribution >= 4 is 22.9 Å². The van der Waals surface area contributed by atoms with Crippen LogP contribution in [0, 0.1) is 0 Å². The number of hydrogen-bond donors (Lipinski definition) is 1. The molecule has 12 heavy (non-hydrogen) atoms. The van der Waals surface area contributed by atoms with Crippen LogP contribution < -0.4 is 0 Å². The van der Waals surface area contributed by atoms with Crippen LogP contribution in [0.25, 0.3) is 6.08 Å². The quantitative estimate of drug-likeness (QED) is 0.562. The van der Waals surface area contributed by atoms with Gasteiger partial charge in [-0.15, -0.1) is 0 Å². The normalized spacial score (nSPS) is 10.4. The molecular formula is C9H7ClO2. The Morgan fingerprint density at radius 3 is 2.42 bits per heavy atom. The summed E-state index contributed by atoms with van der Waals surface area (Å²) in [5.74, 6) is 0.198. The topological polar surface area (TPSA) is 37.3 Å². The first-order chi connectivity index (χ1) is 5.68. The molecule has 62 valence electrons. The highest BCUT2D eigenvalue weighted by Gasteiger charge is 1.89. The van der Waals surface area contributed by atoms with Crippen molar-refractivity contribution in [3.63, 3.8) is 0 Å². The highest BCUT2D eigenvalue weighted by molar-refractivity contribution is 6.66. The SMILES string of the molecule is O=C(Cl)/C=C\c1ccc(O)cc1. The molecule has 0 saturated carbocycles. The van der Waals surface area contributed by atoms with Crippen molar-refractivity contribution in [2.24, 2.45) is 0 Å². The minimum absolute atomic E-state index is 0.198. The largest absolute Gasteiger partial charge is 0.508 e. The van der Waals surface area contributed by atoms with Gasteiger partial charge in [-0.25, -0.2) is 0 Å². The van der Waals surface area contributed by atoms with Gasteiger partial charge in [0.25, 0.3) is 0 Å². The zero-order chi connectivity index (χ0) is 8.97. The minimum atomic E-state index is -0.511. The summed E-state index contributed by atoms with van der Waals surface area (Å²) in [7, 11) is 0. The summed E-state index contributed by atoms with van der Waals surface area (Å²) >= 11 is 5.08. The molecule has 0 amide bonds. The summed E-state index contributed by atoms with van der Waals surface area (Å²) in [6, 6.07) is 6.45. The standard InChI is InChI=1S/C9H7ClO2/c10-9(12)6-3-7-1-4-8(11)5-2-7/h1-6,11H/b6-3-. The number of allylic oxidation sites excluding steroid dienone is 1. The first-order valence-electron chi connectivity index (χ1n) is 3.35. The maximum absolute atomic E-state index is 10.3. The van der Waals surface area contributed by atoms with Crippen LogP contribution in [0.15, 0.2) is 30.3 Å². The lowest BCUT2D eigenvalue weighted by atomic mass is 10.2. The molecule has 0 heterocycles. The van der Waals surface area contributed by atoms with Crippen LogP contribution in [0.2, 0.25) is 0 Å². The Morgan fingerprint density at radius 2 is 1.92 bits per heavy atom. The molecule has 0 unspecified atom stereocenters. The smallest absolute Gasteiger partial charge is 0.245 e. The number of phenolic OH excluding ortho intramolecular Hbond substituents is 1. The van der Waals surface area contributed by atoms with Crippen molar-refractivity contribution in [3.8, 4) is 5.75 Å². The molecule has 1 aromatic rings. The van der Waals surface area contributed by atoms with Gasteiger partial charge in [-0.2, -0.15) is 0 Å². The van der Waals surface area contributed by atoms with Crippen molar-refractivity contribution in [2.45, 2.75) is 0 Å². The molecule has 1 aromatic carbocycles. The first-order valence-corrected chi connectivity index (χ1v) is 3.73. The van der Waals surface area contributed by atoms with E-state index in [2.05, 4.69) is 0 Å². The first kappa shape index (κ1) is 8.81. The molecule has 0 fully saturated rings. The zero-order valence-electron chi connectivity index (χ0n) is 6.20. The van der Waals surface area contributed by atoms with Crippen molar-refractivity contribution in [1.29, 1.82) is 0 Å². The fourth-order valence-electron chi connectivity index (χ4n) is 0.747. The number of phenols is 1. The Kier molecular flexibility index (Phi) is 2.88. The van der Waals surface area contributed by atoms with Gasteiger partial charge in [0.15, 0.2) is 0 Å². The van der Waals surface area contributed by atoms with Crippen LogP contribution in [-0.4, -0.2) is 10.3 Å². The van der Waals surface area contributed by atoms with Gasteiger partial charge in [-0.3, -0.25) is 4.79 Å². The number of benzene rings is 1. The van der Waals surface area contributed by atoms with Gasteiger partial charge in [0.1, 0.15) is 5.75 Å². The monoisotopic (exact) mass is 182 g/mol. The van der Waals surface area contributed by atoms with Crippen molar-refractivity contribution in [2.75, 3.05) is 0 Å². The zero-order valence-corrected chi connectivity index (χ0v) is 6.95. The lowest BCUT2D eigenvalue weighted by Crippen LogP contribution is -1.75. The van der Waals surface area contributed by atoms with Crippen LogP contribution in [0.3, 0.4) is 0 Å². The van der Waals surface area contributed by atoms with Gasteiger partial charge in [-0.1, -0.05) is 18.2 Å². The average molecular weight is 183 g/mol. The summed E-state index contributed by atoms with van der Waals surface area (Å²) in [5, 5.41) is 8.41. The lowest BCUT2D eigenvalue weighted by Gasteiger charge is -1.92. The molecule has 0 radical (unpaired) electrons. The Balaban J connectivity index is 2.77. The fourth-order valence-corrected chi connectivity index (χ4v) is 0.810. The molecule has 0 aliphatic rings. The maximum atomic E-state index is 10.3. The molecule has 0 aliphatic heterocycles. The Hall–Kier alpha value is -1.28. The molecular weight excluding hydrogens is 176 g/mol. The minimum Gasteiger partial charge on any atom is -0.508 e. The lowest BCUT2D eigenvalue weighted by molar-refractivity contribution is -0.107. The summed E-state index contributed by atoms with van der Waals surface area (Å²) in [6.07, 6.45) is 2.84. The van der Waals surface area contributed by atoms with Crippen LogP contribution >= 0.6 is 11.6 Å². The second kappa shape index (κ2) is 3.93. The van der Waals surface area contributed by atoms with Gasteiger partial charge in [0.2, 0.25) is 5.24 Å². The third-order valence-electron chi connectivity index (χ3n) is 1.30. The molecule has 0 atom stereocenters. The van der Waals surface area contributed by atoms with E-state index in [0.717, 1.165) is 5.56 Å². The Morgan fingerprint density at radius 1 is 1.33 bits per heavy atom. The maximum Gasteiger partial charge on any atom is 0.245 e. The molecule has 0 spiro atoms. The number of carbonyl (C=O) groups excluding carboxylic acids is 1. The van der Waals surface area contributed by atoms with E-state index in [4.69, 9.17) is 16.7 Å². The van der Waals surface area contributed by atoms with Crippen LogP contribution in [0.4, 0.5) is 0 Å². The molecule has 3 heteroatoms. The fraction of sp³-hybridized carbons (Fsp3) is 0. The molecule has 2 nitrogen and oxygen atoms in total. The number of halogens is 1. The second-order valence-corrected chi connectivity index (χ2v) is 2.60. The van der Waals surface area contributed by atoms with Gasteiger partial charge in [-0.05, 0) is 35.4 Å². The molecule has 1 N–H and O–H groups in total. The Labute approximate surface area is 75.1 Å². The van der Waals surface area contributed by atoms with Gasteiger partial charge in [0, 0.05) is 0 Å². The second-order valence-electron chi connectivity index (χ2n) is 2.23. The third kappa shape index (κ3) is 2.76. The highest BCUT2D eigenvalue weighted by atomic mass is 35.5. The van der Waals surface area contributed by atoms with E-state index in [1.807, 2.05) is 0 Å². The van der Waals surface area contributed by atoms with Gasteiger partial charge < -0.3 is 5.11 Å². The Bertz CT molecular complexity index is 301. The number of carbonyl (C=O) groups is 1. The van der Waals surface area contributed by atoms with Crippen molar-refractivity contribution in [3.05, 3.63) is 35.9 Å². The van der Waals surface area contributed by atoms with E-state index < -0.39 is 5.24 Å². The van der Waals surface area contributed by atoms with Gasteiger partial charge in [0.05, 0.1) is 0 Å². The summed E-state index contributed by atoms with van der Waals surface area (Å²) in [5.41, 5.74) is 0.821. The van der Waals surface area contributed by atoms with E-state index in [9.17, 15) is 4.79 Å². The molecule has 0 saturated heterocycles. The van der Waals surface area contributed by atoms with Crippen LogP contribution in [-0.2, 0) is 4.79 Å². The van der Waals surface area contributed by atoms with Gasteiger partial charge >= 0.3 is 0 Å². The predicted octanol–water partition coefficient (Wildman–Crippen LogP) is 2.17. The molecule has 0 aliphatic carbocycles. The molecule has 0 aromatic heterocycles. The summed E-state index contributed by atoms with van der Waals surface area (Å²) in [4.78, 5) is 10.3. The summed E-state index contributed by atoms with van der Waals surface area (Å²) in [6.45, 7) is 0. The van der Waals surface area contributed by atoms with E-state index in [1.165, 1.54) is 6.08 Å². The van der Waals surface area contributed by atoms with Crippen LogP contribution in [0.1, 0.15) is 5.56 Å². The summed E-state index contributed by atoms with van der Waals surface area (Å²) < 4.78 is 0. The molecule has 0 bridgehead atoms. The van der Waals surface area contributed by atoms with Crippen LogP contribution in [0.5, 0.6) is 5.75 Å². The predicted molar refractivity (Wildman–Crippen MR) is 48.0 cm³/mol. The van der Waals surface area contributed by atoms with E-state index in [0.29, 0.717) is 0 Å². The van der Waals surface area contributed by atoms with E-state index >= 15 is 0 Å². The van der Waals surface area contributed by atoms with E-state index in [-0.39, 0.29) is 5.75 Å². The average Bonchev–Trinajstić information content (AvgIpc) is 2.03. The highest BCUT2D eigenvalue weighted by Crippen LogP contribution is 2.10.